The Morgan fingerprint density at radius 3 is 2.72 bits per heavy atom. The van der Waals surface area contributed by atoms with Gasteiger partial charge in [0.15, 0.2) is 11.2 Å². The molecule has 29 heavy (non-hydrogen) atoms. The smallest absolute Gasteiger partial charge is 0.330 e. The van der Waals surface area contributed by atoms with E-state index in [9.17, 15) is 14.0 Å². The number of benzene rings is 1. The van der Waals surface area contributed by atoms with Gasteiger partial charge in [-0.2, -0.15) is 0 Å². The molecule has 3 aromatic rings. The second-order valence-electron chi connectivity index (χ2n) is 6.61. The average molecular weight is 414 g/mol. The van der Waals surface area contributed by atoms with E-state index in [1.165, 1.54) is 35.7 Å². The van der Waals surface area contributed by atoms with Gasteiger partial charge in [-0.25, -0.2) is 23.8 Å². The molecule has 1 aliphatic rings. The van der Waals surface area contributed by atoms with Crippen LogP contribution in [0.1, 0.15) is 18.9 Å². The maximum absolute atomic E-state index is 13.5. The van der Waals surface area contributed by atoms with E-state index in [1.807, 2.05) is 6.26 Å². The summed E-state index contributed by atoms with van der Waals surface area (Å²) >= 11 is 1.39. The first-order chi connectivity index (χ1) is 14.0. The summed E-state index contributed by atoms with van der Waals surface area (Å²) in [5.41, 5.74) is 1.78. The van der Waals surface area contributed by atoms with Crippen molar-refractivity contribution >= 4 is 17.7 Å². The Hall–Kier alpha value is -2.94. The van der Waals surface area contributed by atoms with E-state index in [0.29, 0.717) is 47.1 Å². The zero-order valence-electron chi connectivity index (χ0n) is 16.0. The normalized spacial score (nSPS) is 15.8. The van der Waals surface area contributed by atoms with Crippen molar-refractivity contribution in [3.8, 4) is 22.5 Å². The van der Waals surface area contributed by atoms with Gasteiger partial charge < -0.3 is 4.74 Å². The molecule has 2 aromatic heterocycles. The Morgan fingerprint density at radius 1 is 1.28 bits per heavy atom. The maximum atomic E-state index is 13.5. The lowest BCUT2D eigenvalue weighted by molar-refractivity contribution is -0.146. The van der Waals surface area contributed by atoms with Crippen molar-refractivity contribution in [2.24, 2.45) is 0 Å². The topological polar surface area (TPSA) is 79.0 Å². The Bertz CT molecular complexity index is 1120. The molecule has 1 atom stereocenters. The first kappa shape index (κ1) is 19.4. The summed E-state index contributed by atoms with van der Waals surface area (Å²) in [6, 6.07) is 6.77. The SMILES string of the molecule is COC(=O)[C@@H]1CCCn2c(-c3ccnc(SC)n3)c(-c3ccc(F)cc3)c(=O)n21. The molecule has 7 nitrogen and oxygen atoms in total. The number of carbonyl (C=O) groups excluding carboxylic acids is 1. The minimum Gasteiger partial charge on any atom is -0.467 e. The first-order valence-electron chi connectivity index (χ1n) is 9.11. The second kappa shape index (κ2) is 7.82. The number of ether oxygens (including phenoxy) is 1. The summed E-state index contributed by atoms with van der Waals surface area (Å²) in [4.78, 5) is 34.6. The fraction of sp³-hybridized carbons (Fsp3) is 0.300. The molecule has 9 heteroatoms. The number of fused-ring (bicyclic) bond motifs is 1. The van der Waals surface area contributed by atoms with Crippen LogP contribution in [-0.2, 0) is 16.1 Å². The quantitative estimate of drug-likeness (QED) is 0.371. The van der Waals surface area contributed by atoms with Crippen LogP contribution in [0.3, 0.4) is 0 Å². The van der Waals surface area contributed by atoms with Gasteiger partial charge in [0.25, 0.3) is 5.56 Å². The van der Waals surface area contributed by atoms with Gasteiger partial charge in [0.2, 0.25) is 0 Å². The maximum Gasteiger partial charge on any atom is 0.330 e. The van der Waals surface area contributed by atoms with E-state index in [0.717, 1.165) is 0 Å². The van der Waals surface area contributed by atoms with E-state index < -0.39 is 17.8 Å². The predicted octanol–water partition coefficient (Wildman–Crippen LogP) is 3.14. The van der Waals surface area contributed by atoms with Crippen LogP contribution in [-0.4, -0.2) is 38.7 Å². The van der Waals surface area contributed by atoms with Crippen LogP contribution in [0.25, 0.3) is 22.5 Å². The molecule has 3 heterocycles. The molecular weight excluding hydrogens is 395 g/mol. The number of halogens is 1. The second-order valence-corrected chi connectivity index (χ2v) is 7.39. The third-order valence-corrected chi connectivity index (χ3v) is 5.55. The highest BCUT2D eigenvalue weighted by atomic mass is 32.2. The fourth-order valence-corrected chi connectivity index (χ4v) is 4.07. The molecule has 1 aromatic carbocycles. The first-order valence-corrected chi connectivity index (χ1v) is 10.3. The molecule has 1 aliphatic heterocycles. The highest BCUT2D eigenvalue weighted by Crippen LogP contribution is 2.34. The van der Waals surface area contributed by atoms with Crippen LogP contribution in [0.5, 0.6) is 0 Å². The average Bonchev–Trinajstić information content (AvgIpc) is 3.06. The third-order valence-electron chi connectivity index (χ3n) is 4.98. The van der Waals surface area contributed by atoms with Crippen LogP contribution in [0, 0.1) is 5.82 Å². The van der Waals surface area contributed by atoms with E-state index in [1.54, 1.807) is 29.1 Å². The van der Waals surface area contributed by atoms with Gasteiger partial charge in [-0.15, -0.1) is 0 Å². The highest BCUT2D eigenvalue weighted by Gasteiger charge is 2.34. The van der Waals surface area contributed by atoms with Crippen LogP contribution >= 0.6 is 11.8 Å². The Morgan fingerprint density at radius 2 is 2.03 bits per heavy atom. The Balaban J connectivity index is 2.03. The van der Waals surface area contributed by atoms with Crippen LogP contribution in [0.15, 0.2) is 46.5 Å². The fourth-order valence-electron chi connectivity index (χ4n) is 3.71. The lowest BCUT2D eigenvalue weighted by atomic mass is 10.0. The molecule has 0 radical (unpaired) electrons. The number of hydrogen-bond donors (Lipinski definition) is 0. The number of nitrogens with zero attached hydrogens (tertiary/aromatic N) is 4. The van der Waals surface area contributed by atoms with E-state index >= 15 is 0 Å². The number of thioether (sulfide) groups is 1. The lowest BCUT2D eigenvalue weighted by Crippen LogP contribution is -2.37. The molecule has 0 amide bonds. The van der Waals surface area contributed by atoms with E-state index in [2.05, 4.69) is 9.97 Å². The zero-order valence-corrected chi connectivity index (χ0v) is 16.8. The standard InChI is InChI=1S/C20H19FN4O3S/c1-28-19(27)15-4-3-11-24-17(14-9-10-22-20(23-14)29-2)16(18(26)25(15)24)12-5-7-13(21)8-6-12/h5-10,15H,3-4,11H2,1-2H3/t15-/m0/s1. The Labute approximate surface area is 170 Å². The van der Waals surface area contributed by atoms with Crippen molar-refractivity contribution in [2.75, 3.05) is 13.4 Å². The summed E-state index contributed by atoms with van der Waals surface area (Å²) in [7, 11) is 1.31. The molecule has 0 fully saturated rings. The minimum atomic E-state index is -0.712. The van der Waals surface area contributed by atoms with E-state index in [-0.39, 0.29) is 5.56 Å². The van der Waals surface area contributed by atoms with Crippen LogP contribution in [0.2, 0.25) is 0 Å². The van der Waals surface area contributed by atoms with Gasteiger partial charge in [0, 0.05) is 12.7 Å². The zero-order chi connectivity index (χ0) is 20.5. The van der Waals surface area contributed by atoms with Gasteiger partial charge in [0.05, 0.1) is 24.1 Å². The van der Waals surface area contributed by atoms with Gasteiger partial charge in [0.1, 0.15) is 5.82 Å². The van der Waals surface area contributed by atoms with E-state index in [4.69, 9.17) is 4.74 Å². The van der Waals surface area contributed by atoms with Crippen molar-refractivity contribution in [1.29, 1.82) is 0 Å². The molecule has 0 aliphatic carbocycles. The summed E-state index contributed by atoms with van der Waals surface area (Å²) in [6.45, 7) is 0.553. The number of methoxy groups -OCH3 is 1. The summed E-state index contributed by atoms with van der Waals surface area (Å²) in [6.07, 6.45) is 4.73. The number of aromatic nitrogens is 4. The van der Waals surface area contributed by atoms with Gasteiger partial charge in [-0.3, -0.25) is 9.48 Å². The number of hydrogen-bond acceptors (Lipinski definition) is 6. The number of rotatable bonds is 4. The summed E-state index contributed by atoms with van der Waals surface area (Å²) < 4.78 is 21.7. The molecule has 150 valence electrons. The molecule has 0 saturated heterocycles. The minimum absolute atomic E-state index is 0.328. The van der Waals surface area contributed by atoms with Crippen molar-refractivity contribution in [2.45, 2.75) is 30.6 Å². The number of esters is 1. The van der Waals surface area contributed by atoms with Gasteiger partial charge in [-0.1, -0.05) is 23.9 Å². The van der Waals surface area contributed by atoms with Crippen molar-refractivity contribution in [1.82, 2.24) is 19.3 Å². The van der Waals surface area contributed by atoms with Crippen molar-refractivity contribution in [3.05, 3.63) is 52.7 Å². The molecule has 0 bridgehead atoms. The molecule has 0 spiro atoms. The van der Waals surface area contributed by atoms with Crippen LogP contribution in [0.4, 0.5) is 4.39 Å². The van der Waals surface area contributed by atoms with Gasteiger partial charge in [-0.05, 0) is 42.9 Å². The molecule has 0 unspecified atom stereocenters. The predicted molar refractivity (Wildman–Crippen MR) is 107 cm³/mol. The number of carbonyl (C=O) groups is 1. The van der Waals surface area contributed by atoms with Crippen molar-refractivity contribution < 1.29 is 13.9 Å². The summed E-state index contributed by atoms with van der Waals surface area (Å²) in [5, 5.41) is 0.570. The molecule has 0 saturated carbocycles. The van der Waals surface area contributed by atoms with Gasteiger partial charge >= 0.3 is 5.97 Å². The largest absolute Gasteiger partial charge is 0.467 e. The highest BCUT2D eigenvalue weighted by molar-refractivity contribution is 7.98. The van der Waals surface area contributed by atoms with Crippen molar-refractivity contribution in [3.63, 3.8) is 0 Å². The summed E-state index contributed by atoms with van der Waals surface area (Å²) in [5.74, 6) is -0.853. The molecular formula is C20H19FN4O3S. The third kappa shape index (κ3) is 3.35. The molecule has 0 N–H and O–H groups in total. The van der Waals surface area contributed by atoms with Crippen LogP contribution < -0.4 is 5.56 Å². The lowest BCUT2D eigenvalue weighted by Gasteiger charge is -2.26. The molecule has 4 rings (SSSR count). The Kier molecular flexibility index (Phi) is 5.23. The monoisotopic (exact) mass is 414 g/mol.